The second-order valence-electron chi connectivity index (χ2n) is 6.09. The van der Waals surface area contributed by atoms with Crippen molar-refractivity contribution in [2.24, 2.45) is 0 Å². The summed E-state index contributed by atoms with van der Waals surface area (Å²) in [5, 5.41) is 18.7. The fraction of sp³-hybridized carbons (Fsp3) is 0.250. The van der Waals surface area contributed by atoms with E-state index < -0.39 is 30.1 Å². The van der Waals surface area contributed by atoms with Gasteiger partial charge < -0.3 is 19.7 Å². The van der Waals surface area contributed by atoms with Crippen molar-refractivity contribution >= 4 is 17.9 Å². The summed E-state index contributed by atoms with van der Waals surface area (Å²) in [5.41, 5.74) is 2.71. The van der Waals surface area contributed by atoms with Gasteiger partial charge in [0.05, 0.1) is 12.2 Å². The van der Waals surface area contributed by atoms with E-state index in [9.17, 15) is 24.6 Å². The van der Waals surface area contributed by atoms with Crippen LogP contribution in [-0.4, -0.2) is 40.3 Å². The van der Waals surface area contributed by atoms with Gasteiger partial charge in [0, 0.05) is 0 Å². The normalized spacial score (nSPS) is 12.8. The zero-order chi connectivity index (χ0) is 20.0. The van der Waals surface area contributed by atoms with Crippen LogP contribution in [-0.2, 0) is 25.7 Å². The van der Waals surface area contributed by atoms with E-state index in [1.807, 2.05) is 26.0 Å². The largest absolute Gasteiger partial charge is 0.479 e. The number of carboxylic acid groups (broad SMARTS) is 2. The van der Waals surface area contributed by atoms with E-state index >= 15 is 0 Å². The summed E-state index contributed by atoms with van der Waals surface area (Å²) >= 11 is 0. The molecule has 7 nitrogen and oxygen atoms in total. The molecule has 2 unspecified atom stereocenters. The third-order valence-corrected chi connectivity index (χ3v) is 3.83. The Balaban J connectivity index is 2.13. The highest BCUT2D eigenvalue weighted by molar-refractivity contribution is 5.93. The van der Waals surface area contributed by atoms with Crippen molar-refractivity contribution < 1.29 is 34.1 Å². The molecule has 0 saturated heterocycles. The summed E-state index contributed by atoms with van der Waals surface area (Å²) in [4.78, 5) is 35.2. The maximum Gasteiger partial charge on any atom is 0.348 e. The Hall–Kier alpha value is -3.19. The van der Waals surface area contributed by atoms with Crippen molar-refractivity contribution in [3.63, 3.8) is 0 Å². The number of hydrogen-bond acceptors (Lipinski definition) is 5. The summed E-state index contributed by atoms with van der Waals surface area (Å²) in [5.74, 6) is -4.08. The van der Waals surface area contributed by atoms with Crippen molar-refractivity contribution in [3.05, 3.63) is 70.8 Å². The summed E-state index contributed by atoms with van der Waals surface area (Å²) in [6.45, 7) is 3.59. The Morgan fingerprint density at radius 1 is 0.815 bits per heavy atom. The monoisotopic (exact) mass is 372 g/mol. The predicted molar refractivity (Wildman–Crippen MR) is 95.4 cm³/mol. The van der Waals surface area contributed by atoms with Gasteiger partial charge in [-0.1, -0.05) is 47.5 Å². The molecule has 27 heavy (non-hydrogen) atoms. The van der Waals surface area contributed by atoms with Gasteiger partial charge >= 0.3 is 17.9 Å². The van der Waals surface area contributed by atoms with E-state index in [2.05, 4.69) is 0 Å². The van der Waals surface area contributed by atoms with Crippen LogP contribution in [0.5, 0.6) is 0 Å². The summed E-state index contributed by atoms with van der Waals surface area (Å²) < 4.78 is 10.2. The average molecular weight is 372 g/mol. The molecular formula is C20H20O7. The van der Waals surface area contributed by atoms with Gasteiger partial charge in [0.25, 0.3) is 0 Å². The van der Waals surface area contributed by atoms with Crippen LogP contribution in [0, 0.1) is 13.8 Å². The van der Waals surface area contributed by atoms with Gasteiger partial charge in [-0.2, -0.15) is 0 Å². The van der Waals surface area contributed by atoms with Crippen molar-refractivity contribution in [2.75, 3.05) is 0 Å². The molecule has 0 heterocycles. The number of ether oxygens (including phenoxy) is 2. The van der Waals surface area contributed by atoms with E-state index in [1.165, 1.54) is 12.1 Å². The van der Waals surface area contributed by atoms with Gasteiger partial charge in [0.1, 0.15) is 0 Å². The Bertz CT molecular complexity index is 809. The molecule has 0 radical (unpaired) electrons. The lowest BCUT2D eigenvalue weighted by Crippen LogP contribution is -2.44. The number of carboxylic acids is 2. The van der Waals surface area contributed by atoms with Crippen LogP contribution in [0.15, 0.2) is 48.5 Å². The van der Waals surface area contributed by atoms with Crippen LogP contribution < -0.4 is 0 Å². The molecule has 0 fully saturated rings. The number of rotatable bonds is 8. The number of carbonyl (C=O) groups excluding carboxylic acids is 1. The second kappa shape index (κ2) is 8.95. The molecule has 0 amide bonds. The number of hydrogen-bond donors (Lipinski definition) is 2. The van der Waals surface area contributed by atoms with Crippen LogP contribution in [0.4, 0.5) is 0 Å². The minimum absolute atomic E-state index is 0.120. The number of benzene rings is 2. The van der Waals surface area contributed by atoms with Gasteiger partial charge in [-0.3, -0.25) is 0 Å². The van der Waals surface area contributed by atoms with E-state index in [0.29, 0.717) is 5.56 Å². The van der Waals surface area contributed by atoms with Crippen LogP contribution in [0.1, 0.15) is 27.0 Å². The lowest BCUT2D eigenvalue weighted by atomic mass is 10.1. The van der Waals surface area contributed by atoms with E-state index in [-0.39, 0.29) is 12.2 Å². The molecule has 0 bridgehead atoms. The average Bonchev–Trinajstić information content (AvgIpc) is 2.62. The standard InChI is InChI=1S/C20H20O7/c1-12-3-7-14(8-4-12)11-26-16(18(21)22)17(19(23)24)27-20(25)15-9-5-13(2)6-10-15/h3-10,16-17H,11H2,1-2H3,(H,21,22)(H,23,24). The zero-order valence-electron chi connectivity index (χ0n) is 14.9. The lowest BCUT2D eigenvalue weighted by Gasteiger charge is -2.21. The number of aryl methyl sites for hydroxylation is 2. The first kappa shape index (κ1) is 20.1. The molecule has 0 aliphatic rings. The topological polar surface area (TPSA) is 110 Å². The number of carbonyl (C=O) groups is 3. The van der Waals surface area contributed by atoms with Gasteiger partial charge in [0.2, 0.25) is 12.2 Å². The van der Waals surface area contributed by atoms with Crippen molar-refractivity contribution in [2.45, 2.75) is 32.7 Å². The smallest absolute Gasteiger partial charge is 0.348 e. The molecule has 2 aromatic carbocycles. The van der Waals surface area contributed by atoms with Crippen molar-refractivity contribution in [1.29, 1.82) is 0 Å². The molecule has 7 heteroatoms. The first-order valence-corrected chi connectivity index (χ1v) is 8.18. The maximum atomic E-state index is 12.2. The summed E-state index contributed by atoms with van der Waals surface area (Å²) in [6.07, 6.45) is -3.83. The Morgan fingerprint density at radius 2 is 1.30 bits per heavy atom. The molecule has 2 rings (SSSR count). The minimum atomic E-state index is -1.98. The third kappa shape index (κ3) is 5.65. The van der Waals surface area contributed by atoms with Crippen LogP contribution in [0.2, 0.25) is 0 Å². The van der Waals surface area contributed by atoms with E-state index in [0.717, 1.165) is 11.1 Å². The highest BCUT2D eigenvalue weighted by Gasteiger charge is 2.38. The molecule has 0 spiro atoms. The minimum Gasteiger partial charge on any atom is -0.479 e. The van der Waals surface area contributed by atoms with Crippen molar-refractivity contribution in [3.8, 4) is 0 Å². The zero-order valence-corrected chi connectivity index (χ0v) is 14.9. The molecule has 0 aromatic heterocycles. The third-order valence-electron chi connectivity index (χ3n) is 3.83. The quantitative estimate of drug-likeness (QED) is 0.685. The maximum absolute atomic E-state index is 12.2. The molecular weight excluding hydrogens is 352 g/mol. The SMILES string of the molecule is Cc1ccc(COC(C(=O)O)C(OC(=O)c2ccc(C)cc2)C(=O)O)cc1. The first-order valence-electron chi connectivity index (χ1n) is 8.18. The number of aliphatic carboxylic acids is 2. The molecule has 0 aliphatic heterocycles. The molecule has 2 aromatic rings. The molecule has 2 N–H and O–H groups in total. The number of esters is 1. The van der Waals surface area contributed by atoms with Gasteiger partial charge in [-0.15, -0.1) is 0 Å². The molecule has 0 aliphatic carbocycles. The molecule has 2 atom stereocenters. The Kier molecular flexibility index (Phi) is 6.67. The molecule has 0 saturated carbocycles. The van der Waals surface area contributed by atoms with E-state index in [1.54, 1.807) is 24.3 Å². The summed E-state index contributed by atoms with van der Waals surface area (Å²) in [7, 11) is 0. The lowest BCUT2D eigenvalue weighted by molar-refractivity contribution is -0.172. The van der Waals surface area contributed by atoms with Gasteiger partial charge in [-0.25, -0.2) is 14.4 Å². The van der Waals surface area contributed by atoms with Crippen molar-refractivity contribution in [1.82, 2.24) is 0 Å². The predicted octanol–water partition coefficient (Wildman–Crippen LogP) is 2.58. The fourth-order valence-corrected chi connectivity index (χ4v) is 2.27. The highest BCUT2D eigenvalue weighted by Crippen LogP contribution is 2.14. The van der Waals surface area contributed by atoms with Crippen LogP contribution in [0.3, 0.4) is 0 Å². The van der Waals surface area contributed by atoms with Crippen LogP contribution in [0.25, 0.3) is 0 Å². The second-order valence-corrected chi connectivity index (χ2v) is 6.09. The Labute approximate surface area is 156 Å². The first-order chi connectivity index (χ1) is 12.8. The molecule has 142 valence electrons. The fourth-order valence-electron chi connectivity index (χ4n) is 2.27. The summed E-state index contributed by atoms with van der Waals surface area (Å²) in [6, 6.07) is 13.4. The van der Waals surface area contributed by atoms with Gasteiger partial charge in [-0.05, 0) is 31.5 Å². The van der Waals surface area contributed by atoms with Crippen LogP contribution >= 0.6 is 0 Å². The van der Waals surface area contributed by atoms with E-state index in [4.69, 9.17) is 9.47 Å². The Morgan fingerprint density at radius 3 is 1.78 bits per heavy atom. The van der Waals surface area contributed by atoms with Gasteiger partial charge in [0.15, 0.2) is 0 Å². The highest BCUT2D eigenvalue weighted by atomic mass is 16.6.